The number of fused-ring (bicyclic) bond motifs is 1. The van der Waals surface area contributed by atoms with Crippen molar-refractivity contribution in [2.75, 3.05) is 43.6 Å². The fourth-order valence-corrected chi connectivity index (χ4v) is 9.57. The molecule has 9 nitrogen and oxygen atoms in total. The van der Waals surface area contributed by atoms with E-state index in [2.05, 4.69) is 77.6 Å². The summed E-state index contributed by atoms with van der Waals surface area (Å²) in [6.07, 6.45) is 11.7. The molecule has 252 valence electrons. The van der Waals surface area contributed by atoms with Gasteiger partial charge in [0.25, 0.3) is 0 Å². The van der Waals surface area contributed by atoms with Gasteiger partial charge in [-0.1, -0.05) is 44.2 Å². The van der Waals surface area contributed by atoms with Gasteiger partial charge in [-0.2, -0.15) is 10.1 Å². The van der Waals surface area contributed by atoms with E-state index in [0.29, 0.717) is 5.95 Å². The molecule has 2 bridgehead atoms. The molecule has 2 N–H and O–H groups in total. The highest BCUT2D eigenvalue weighted by Crippen LogP contribution is 2.75. The number of hydrogen-bond acceptors (Lipinski definition) is 7. The van der Waals surface area contributed by atoms with Crippen molar-refractivity contribution < 1.29 is 14.3 Å². The van der Waals surface area contributed by atoms with E-state index in [1.165, 1.54) is 5.56 Å². The van der Waals surface area contributed by atoms with Gasteiger partial charge in [-0.05, 0) is 80.7 Å². The predicted molar refractivity (Wildman–Crippen MR) is 181 cm³/mol. The van der Waals surface area contributed by atoms with Crippen LogP contribution in [0.5, 0.6) is 0 Å². The number of rotatable bonds is 12. The molecule has 0 amide bonds. The standard InChI is InChI=1S/C37H50FN7O2/c1-5-31(36-22-37(23-36,24-36)33(46)47)44(4)34-41-29-13-14-35(2,27-11-7-6-8-12-27)16-28(29)32(42-34)40-30(26-18-39-43(3)20-26)21-45-15-9-10-25(17-38)19-45/h6-8,11-12,18,20,25,30-31H,5,9-10,13-17,19,21-24H2,1-4H3,(H,46,47)(H,40,41,42)/t25-,30+,31-,35-,36?,37?/m0/s1. The van der Waals surface area contributed by atoms with E-state index in [1.54, 1.807) is 0 Å². The summed E-state index contributed by atoms with van der Waals surface area (Å²) in [6, 6.07) is 10.9. The van der Waals surface area contributed by atoms with Crippen LogP contribution in [0.2, 0.25) is 0 Å². The smallest absolute Gasteiger partial charge is 0.309 e. The first-order valence-corrected chi connectivity index (χ1v) is 17.5. The van der Waals surface area contributed by atoms with Crippen molar-refractivity contribution in [3.63, 3.8) is 0 Å². The van der Waals surface area contributed by atoms with Crippen LogP contribution in [0.1, 0.15) is 87.2 Å². The molecule has 1 aliphatic heterocycles. The number of aromatic nitrogens is 4. The highest BCUT2D eigenvalue weighted by molar-refractivity contribution is 5.79. The van der Waals surface area contributed by atoms with Crippen molar-refractivity contribution in [3.05, 3.63) is 65.1 Å². The minimum absolute atomic E-state index is 0.0140. The number of piperidine rings is 1. The van der Waals surface area contributed by atoms with Crippen LogP contribution in [0, 0.1) is 16.7 Å². The molecule has 4 aliphatic carbocycles. The summed E-state index contributed by atoms with van der Waals surface area (Å²) in [5, 5.41) is 18.2. The predicted octanol–water partition coefficient (Wildman–Crippen LogP) is 5.96. The molecule has 47 heavy (non-hydrogen) atoms. The molecule has 3 aromatic rings. The van der Waals surface area contributed by atoms with Crippen LogP contribution in [-0.2, 0) is 30.1 Å². The highest BCUT2D eigenvalue weighted by Gasteiger charge is 2.74. The first-order valence-electron chi connectivity index (χ1n) is 17.5. The number of aliphatic carboxylic acids is 1. The van der Waals surface area contributed by atoms with Gasteiger partial charge < -0.3 is 20.2 Å². The molecular weight excluding hydrogens is 593 g/mol. The Balaban J connectivity index is 1.24. The minimum Gasteiger partial charge on any atom is -0.481 e. The van der Waals surface area contributed by atoms with Crippen LogP contribution in [0.25, 0.3) is 0 Å². The molecule has 2 aromatic heterocycles. The summed E-state index contributed by atoms with van der Waals surface area (Å²) in [5.74, 6) is 1.000. The fourth-order valence-electron chi connectivity index (χ4n) is 9.57. The second-order valence-electron chi connectivity index (χ2n) is 15.5. The van der Waals surface area contributed by atoms with Crippen LogP contribution in [0.15, 0.2) is 42.7 Å². The normalized spacial score (nSPS) is 29.6. The fraction of sp³-hybridized carbons (Fsp3) is 0.622. The molecule has 3 saturated carbocycles. The summed E-state index contributed by atoms with van der Waals surface area (Å²) in [7, 11) is 4.03. The molecular formula is C37H50FN7O2. The molecule has 3 heterocycles. The summed E-state index contributed by atoms with van der Waals surface area (Å²) < 4.78 is 15.6. The van der Waals surface area contributed by atoms with Crippen molar-refractivity contribution in [2.45, 2.75) is 89.1 Å². The molecule has 0 spiro atoms. The lowest BCUT2D eigenvalue weighted by atomic mass is 9.33. The Morgan fingerprint density at radius 3 is 2.64 bits per heavy atom. The third-order valence-corrected chi connectivity index (χ3v) is 12.1. The molecule has 5 aliphatic rings. The molecule has 0 unspecified atom stereocenters. The van der Waals surface area contributed by atoms with Gasteiger partial charge in [-0.3, -0.25) is 13.9 Å². The summed E-state index contributed by atoms with van der Waals surface area (Å²) in [5.41, 5.74) is 4.11. The maximum absolute atomic E-state index is 13.7. The zero-order valence-electron chi connectivity index (χ0n) is 28.4. The van der Waals surface area contributed by atoms with Crippen LogP contribution in [-0.4, -0.2) is 75.1 Å². The van der Waals surface area contributed by atoms with Gasteiger partial charge >= 0.3 is 5.97 Å². The summed E-state index contributed by atoms with van der Waals surface area (Å²) >= 11 is 0. The Labute approximate surface area is 278 Å². The number of nitrogens with zero attached hydrogens (tertiary/aromatic N) is 6. The van der Waals surface area contributed by atoms with Gasteiger partial charge in [0.05, 0.1) is 30.0 Å². The quantitative estimate of drug-likeness (QED) is 0.250. The second-order valence-corrected chi connectivity index (χ2v) is 15.5. The van der Waals surface area contributed by atoms with Gasteiger partial charge in [0.15, 0.2) is 0 Å². The van der Waals surface area contributed by atoms with E-state index in [-0.39, 0.29) is 35.5 Å². The lowest BCUT2D eigenvalue weighted by molar-refractivity contribution is -0.230. The Bertz CT molecular complexity index is 1590. The first kappa shape index (κ1) is 32.0. The number of halogens is 1. The Kier molecular flexibility index (Phi) is 8.30. The number of alkyl halides is 1. The van der Waals surface area contributed by atoms with Crippen molar-refractivity contribution in [3.8, 4) is 0 Å². The summed E-state index contributed by atoms with van der Waals surface area (Å²) in [4.78, 5) is 27.1. The van der Waals surface area contributed by atoms with Crippen LogP contribution in [0.3, 0.4) is 0 Å². The van der Waals surface area contributed by atoms with Crippen LogP contribution in [0.4, 0.5) is 16.2 Å². The lowest BCUT2D eigenvalue weighted by Gasteiger charge is -2.71. The number of likely N-dealkylation sites (tertiary alicyclic amines) is 1. The van der Waals surface area contributed by atoms with E-state index in [9.17, 15) is 14.3 Å². The number of anilines is 2. The zero-order chi connectivity index (χ0) is 33.0. The van der Waals surface area contributed by atoms with Crippen LogP contribution >= 0.6 is 0 Å². The van der Waals surface area contributed by atoms with Gasteiger partial charge in [-0.25, -0.2) is 4.98 Å². The third kappa shape index (κ3) is 5.70. The van der Waals surface area contributed by atoms with Gasteiger partial charge in [0.2, 0.25) is 5.95 Å². The van der Waals surface area contributed by atoms with Gasteiger partial charge in [0, 0.05) is 56.5 Å². The molecule has 4 fully saturated rings. The van der Waals surface area contributed by atoms with E-state index in [0.717, 1.165) is 100 Å². The number of aryl methyl sites for hydroxylation is 2. The topological polar surface area (TPSA) is 99.4 Å². The number of carboxylic acids is 1. The zero-order valence-corrected chi connectivity index (χ0v) is 28.4. The van der Waals surface area contributed by atoms with Crippen molar-refractivity contribution in [2.24, 2.45) is 23.8 Å². The average molecular weight is 644 g/mol. The number of benzene rings is 1. The molecule has 1 aromatic carbocycles. The third-order valence-electron chi connectivity index (χ3n) is 12.1. The molecule has 8 rings (SSSR count). The maximum atomic E-state index is 13.7. The molecule has 10 heteroatoms. The Morgan fingerprint density at radius 2 is 1.98 bits per heavy atom. The van der Waals surface area contributed by atoms with Crippen molar-refractivity contribution in [1.82, 2.24) is 24.6 Å². The molecule has 1 saturated heterocycles. The monoisotopic (exact) mass is 643 g/mol. The lowest BCUT2D eigenvalue weighted by Crippen LogP contribution is -2.72. The number of carboxylic acid groups (broad SMARTS) is 1. The summed E-state index contributed by atoms with van der Waals surface area (Å²) in [6.45, 7) is 6.72. The van der Waals surface area contributed by atoms with Gasteiger partial charge in [0.1, 0.15) is 5.82 Å². The van der Waals surface area contributed by atoms with Crippen LogP contribution < -0.4 is 10.2 Å². The van der Waals surface area contributed by atoms with E-state index in [1.807, 2.05) is 17.9 Å². The average Bonchev–Trinajstić information content (AvgIpc) is 3.47. The second kappa shape index (κ2) is 12.2. The molecule has 4 atom stereocenters. The Morgan fingerprint density at radius 1 is 1.21 bits per heavy atom. The molecule has 0 radical (unpaired) electrons. The van der Waals surface area contributed by atoms with E-state index in [4.69, 9.17) is 9.97 Å². The van der Waals surface area contributed by atoms with Crippen molar-refractivity contribution in [1.29, 1.82) is 0 Å². The number of hydrogen-bond donors (Lipinski definition) is 2. The first-order chi connectivity index (χ1) is 22.6. The SMILES string of the molecule is CC[C@H](N(C)c1nc2c(c(N[C@H](CN3CCC[C@@H](CF)C3)c3cnn(C)c3)n1)C[C@@](C)(c1ccccc1)CC2)C12CC(C(=O)O)(C1)C2. The van der Waals surface area contributed by atoms with Crippen molar-refractivity contribution >= 4 is 17.7 Å². The highest BCUT2D eigenvalue weighted by atomic mass is 19.1. The number of carbonyl (C=O) groups is 1. The minimum atomic E-state index is -0.650. The van der Waals surface area contributed by atoms with E-state index < -0.39 is 11.4 Å². The number of nitrogens with one attached hydrogen (secondary N) is 1. The van der Waals surface area contributed by atoms with E-state index >= 15 is 0 Å². The Hall–Kier alpha value is -3.53. The van der Waals surface area contributed by atoms with Gasteiger partial charge in [-0.15, -0.1) is 0 Å². The largest absolute Gasteiger partial charge is 0.481 e. The maximum Gasteiger partial charge on any atom is 0.309 e.